The Bertz CT molecular complexity index is 964. The summed E-state index contributed by atoms with van der Waals surface area (Å²) in [7, 11) is 0.378. The van der Waals surface area contributed by atoms with Crippen LogP contribution in [0.3, 0.4) is 0 Å². The molecule has 3 rings (SSSR count). The number of benzene rings is 2. The van der Waals surface area contributed by atoms with E-state index in [0.29, 0.717) is 12.3 Å². The molecule has 0 fully saturated rings. The molecule has 0 saturated carbocycles. The first-order chi connectivity index (χ1) is 13.1. The van der Waals surface area contributed by atoms with Gasteiger partial charge in [0.25, 0.3) is 5.91 Å². The van der Waals surface area contributed by atoms with Gasteiger partial charge in [0.1, 0.15) is 11.5 Å². The smallest absolute Gasteiger partial charge is 0.287 e. The second-order valence-corrected chi connectivity index (χ2v) is 7.48. The van der Waals surface area contributed by atoms with Crippen molar-refractivity contribution in [3.63, 3.8) is 0 Å². The van der Waals surface area contributed by atoms with Crippen LogP contribution < -0.4 is 10.1 Å². The molecule has 1 atom stereocenters. The van der Waals surface area contributed by atoms with E-state index in [2.05, 4.69) is 5.32 Å². The average molecular weight is 383 g/mol. The molecule has 0 spiro atoms. The molecule has 0 aliphatic heterocycles. The highest BCUT2D eigenvalue weighted by atomic mass is 32.2. The van der Waals surface area contributed by atoms with Crippen LogP contribution in [0.15, 0.2) is 70.0 Å². The predicted molar refractivity (Wildman–Crippen MR) is 104 cm³/mol. The van der Waals surface area contributed by atoms with Gasteiger partial charge in [0, 0.05) is 11.4 Å². The first-order valence-corrected chi connectivity index (χ1v) is 9.82. The summed E-state index contributed by atoms with van der Waals surface area (Å²) in [6.07, 6.45) is 0. The number of aryl methyl sites for hydroxylation is 1. The predicted octanol–water partition coefficient (Wildman–Crippen LogP) is 3.83. The van der Waals surface area contributed by atoms with Crippen molar-refractivity contribution in [2.75, 3.05) is 7.11 Å². The summed E-state index contributed by atoms with van der Waals surface area (Å²) in [5.74, 6) is 1.37. The largest absolute Gasteiger partial charge is 0.497 e. The van der Waals surface area contributed by atoms with Gasteiger partial charge < -0.3 is 14.5 Å². The molecule has 0 saturated heterocycles. The van der Waals surface area contributed by atoms with Crippen LogP contribution in [0.25, 0.3) is 0 Å². The second kappa shape index (κ2) is 8.68. The molecule has 0 bridgehead atoms. The molecule has 0 aliphatic carbocycles. The van der Waals surface area contributed by atoms with Crippen molar-refractivity contribution in [1.82, 2.24) is 5.32 Å². The normalized spacial score (nSPS) is 11.8. The molecule has 1 heterocycles. The van der Waals surface area contributed by atoms with Gasteiger partial charge in [0.2, 0.25) is 0 Å². The van der Waals surface area contributed by atoms with Crippen LogP contribution in [-0.4, -0.2) is 17.2 Å². The fourth-order valence-electron chi connectivity index (χ4n) is 2.65. The summed E-state index contributed by atoms with van der Waals surface area (Å²) in [6.45, 7) is 2.29. The number of methoxy groups -OCH3 is 1. The summed E-state index contributed by atoms with van der Waals surface area (Å²) in [5, 5.41) is 2.81. The van der Waals surface area contributed by atoms with E-state index >= 15 is 0 Å². The summed E-state index contributed by atoms with van der Waals surface area (Å²) in [6, 6.07) is 18.3. The van der Waals surface area contributed by atoms with Crippen molar-refractivity contribution in [1.29, 1.82) is 0 Å². The van der Waals surface area contributed by atoms with Crippen LogP contribution in [-0.2, 0) is 23.1 Å². The molecule has 1 aromatic heterocycles. The summed E-state index contributed by atoms with van der Waals surface area (Å²) >= 11 is 0. The Kier molecular flexibility index (Phi) is 6.08. The van der Waals surface area contributed by atoms with Crippen LogP contribution in [0.4, 0.5) is 0 Å². The van der Waals surface area contributed by atoms with E-state index in [1.165, 1.54) is 0 Å². The van der Waals surface area contributed by atoms with Crippen molar-refractivity contribution in [3.05, 3.63) is 83.3 Å². The van der Waals surface area contributed by atoms with E-state index in [-0.39, 0.29) is 17.4 Å². The van der Waals surface area contributed by atoms with Crippen molar-refractivity contribution in [2.24, 2.45) is 0 Å². The lowest BCUT2D eigenvalue weighted by Gasteiger charge is -2.06. The lowest BCUT2D eigenvalue weighted by Crippen LogP contribution is -2.22. The zero-order valence-electron chi connectivity index (χ0n) is 15.2. The van der Waals surface area contributed by atoms with Gasteiger partial charge in [0.05, 0.1) is 23.7 Å². The number of hydrogen-bond donors (Lipinski definition) is 1. The van der Waals surface area contributed by atoms with Gasteiger partial charge in [-0.05, 0) is 48.4 Å². The molecule has 3 aromatic rings. The quantitative estimate of drug-likeness (QED) is 0.673. The van der Waals surface area contributed by atoms with Gasteiger partial charge in [-0.15, -0.1) is 0 Å². The number of carbonyl (C=O) groups excluding carboxylic acids is 1. The van der Waals surface area contributed by atoms with Crippen molar-refractivity contribution in [3.8, 4) is 5.75 Å². The molecule has 1 N–H and O–H groups in total. The Morgan fingerprint density at radius 1 is 1.11 bits per heavy atom. The topological polar surface area (TPSA) is 68.5 Å². The second-order valence-electron chi connectivity index (χ2n) is 6.06. The van der Waals surface area contributed by atoms with Crippen LogP contribution in [0.2, 0.25) is 0 Å². The zero-order valence-corrected chi connectivity index (χ0v) is 16.0. The fraction of sp³-hybridized carbons (Fsp3) is 0.190. The van der Waals surface area contributed by atoms with E-state index in [0.717, 1.165) is 21.8 Å². The zero-order chi connectivity index (χ0) is 19.2. The molecule has 1 amide bonds. The van der Waals surface area contributed by atoms with Crippen LogP contribution in [0.1, 0.15) is 27.4 Å². The number of furan rings is 1. The van der Waals surface area contributed by atoms with Gasteiger partial charge >= 0.3 is 0 Å². The van der Waals surface area contributed by atoms with Gasteiger partial charge in [-0.3, -0.25) is 9.00 Å². The van der Waals surface area contributed by atoms with Gasteiger partial charge in [-0.25, -0.2) is 0 Å². The number of hydrogen-bond acceptors (Lipinski definition) is 4. The number of carbonyl (C=O) groups is 1. The monoisotopic (exact) mass is 383 g/mol. The molecule has 0 radical (unpaired) electrons. The third kappa shape index (κ3) is 4.86. The first-order valence-electron chi connectivity index (χ1n) is 8.50. The number of amides is 1. The minimum Gasteiger partial charge on any atom is -0.497 e. The van der Waals surface area contributed by atoms with Crippen molar-refractivity contribution < 1.29 is 18.2 Å². The van der Waals surface area contributed by atoms with Gasteiger partial charge in [-0.1, -0.05) is 30.3 Å². The highest BCUT2D eigenvalue weighted by Crippen LogP contribution is 2.18. The maximum Gasteiger partial charge on any atom is 0.287 e. The van der Waals surface area contributed by atoms with E-state index in [1.807, 2.05) is 55.5 Å². The number of ether oxygens (including phenoxy) is 1. The fourth-order valence-corrected chi connectivity index (χ4v) is 3.87. The lowest BCUT2D eigenvalue weighted by molar-refractivity contribution is 0.0921. The third-order valence-corrected chi connectivity index (χ3v) is 5.58. The van der Waals surface area contributed by atoms with E-state index < -0.39 is 10.8 Å². The highest BCUT2D eigenvalue weighted by molar-refractivity contribution is 7.84. The molecular weight excluding hydrogens is 362 g/mol. The Morgan fingerprint density at radius 2 is 1.93 bits per heavy atom. The van der Waals surface area contributed by atoms with E-state index in [1.54, 1.807) is 19.2 Å². The van der Waals surface area contributed by atoms with E-state index in [9.17, 15) is 9.00 Å². The molecule has 140 valence electrons. The molecule has 0 aliphatic rings. The Balaban J connectivity index is 1.60. The van der Waals surface area contributed by atoms with Gasteiger partial charge in [-0.2, -0.15) is 0 Å². The Labute approximate surface area is 160 Å². The Hall–Kier alpha value is -2.86. The summed E-state index contributed by atoms with van der Waals surface area (Å²) < 4.78 is 23.3. The maximum absolute atomic E-state index is 12.5. The molecule has 5 nitrogen and oxygen atoms in total. The highest BCUT2D eigenvalue weighted by Gasteiger charge is 2.14. The van der Waals surface area contributed by atoms with Crippen molar-refractivity contribution >= 4 is 16.7 Å². The summed E-state index contributed by atoms with van der Waals surface area (Å²) in [5.41, 5.74) is 1.90. The molecule has 0 unspecified atom stereocenters. The minimum atomic E-state index is -1.22. The standard InChI is InChI=1S/C21H21NO4S/c1-15-6-3-4-9-20(15)27(24)14-18-10-11-19(26-18)21(23)22-13-16-7-5-8-17(12-16)25-2/h3-12H,13-14H2,1-2H3,(H,22,23)/t27-/m0/s1. The number of nitrogens with one attached hydrogen (secondary N) is 1. The molecule has 27 heavy (non-hydrogen) atoms. The van der Waals surface area contributed by atoms with Crippen LogP contribution in [0.5, 0.6) is 5.75 Å². The molecular formula is C21H21NO4S. The van der Waals surface area contributed by atoms with Crippen LogP contribution in [0, 0.1) is 6.92 Å². The summed E-state index contributed by atoms with van der Waals surface area (Å²) in [4.78, 5) is 13.1. The number of rotatable bonds is 7. The SMILES string of the molecule is COc1cccc(CNC(=O)c2ccc(C[S@](=O)c3ccccc3C)o2)c1. The van der Waals surface area contributed by atoms with Crippen LogP contribution >= 0.6 is 0 Å². The lowest BCUT2D eigenvalue weighted by atomic mass is 10.2. The first kappa shape index (κ1) is 18.9. The van der Waals surface area contributed by atoms with Crippen molar-refractivity contribution in [2.45, 2.75) is 24.1 Å². The average Bonchev–Trinajstić information content (AvgIpc) is 3.15. The molecule has 6 heteroatoms. The maximum atomic E-state index is 12.5. The van der Waals surface area contributed by atoms with E-state index in [4.69, 9.17) is 9.15 Å². The third-order valence-electron chi connectivity index (χ3n) is 4.08. The Morgan fingerprint density at radius 3 is 2.70 bits per heavy atom. The van der Waals surface area contributed by atoms with Gasteiger partial charge in [0.15, 0.2) is 5.76 Å². The molecule has 2 aromatic carbocycles. The minimum absolute atomic E-state index is 0.203.